The maximum Gasteiger partial charge on any atom is 0.172 e. The van der Waals surface area contributed by atoms with E-state index in [0.29, 0.717) is 0 Å². The Morgan fingerprint density at radius 2 is 2.31 bits per heavy atom. The molecule has 0 aromatic carbocycles. The zero-order chi connectivity index (χ0) is 9.90. The van der Waals surface area contributed by atoms with Crippen molar-refractivity contribution in [2.75, 3.05) is 6.54 Å². The summed E-state index contributed by atoms with van der Waals surface area (Å²) in [5.41, 5.74) is 0.166. The van der Waals surface area contributed by atoms with E-state index in [1.807, 2.05) is 6.08 Å². The first-order valence-electron chi connectivity index (χ1n) is 5.01. The summed E-state index contributed by atoms with van der Waals surface area (Å²) in [6, 6.07) is 0.0416. The number of rotatable bonds is 3. The predicted molar refractivity (Wildman–Crippen MR) is 54.6 cm³/mol. The van der Waals surface area contributed by atoms with E-state index < -0.39 is 0 Å². The van der Waals surface area contributed by atoms with Crippen molar-refractivity contribution in [1.29, 1.82) is 0 Å². The molecule has 1 aliphatic carbocycles. The van der Waals surface area contributed by atoms with Crippen LogP contribution in [0.5, 0.6) is 0 Å². The van der Waals surface area contributed by atoms with E-state index in [0.717, 1.165) is 19.4 Å². The largest absolute Gasteiger partial charge is 0.307 e. The zero-order valence-corrected chi connectivity index (χ0v) is 8.76. The fraction of sp³-hybridized carbons (Fsp3) is 0.727. The predicted octanol–water partition coefficient (Wildman–Crippen LogP) is 1.91. The topological polar surface area (TPSA) is 29.1 Å². The highest BCUT2D eigenvalue weighted by Crippen LogP contribution is 2.28. The number of carbonyl (C=O) groups excluding carboxylic acids is 1. The van der Waals surface area contributed by atoms with E-state index >= 15 is 0 Å². The van der Waals surface area contributed by atoms with Crippen LogP contribution in [0.25, 0.3) is 0 Å². The van der Waals surface area contributed by atoms with Gasteiger partial charge in [-0.05, 0) is 30.9 Å². The SMILES string of the molecule is CCCNC1CC(C)(C)C=CC1=O. The number of allylic oxidation sites excluding steroid dienone is 1. The molecule has 1 rings (SSSR count). The normalized spacial score (nSPS) is 26.4. The van der Waals surface area contributed by atoms with Crippen molar-refractivity contribution >= 4 is 5.78 Å². The van der Waals surface area contributed by atoms with Gasteiger partial charge in [-0.25, -0.2) is 0 Å². The van der Waals surface area contributed by atoms with Crippen molar-refractivity contribution < 1.29 is 4.79 Å². The standard InChI is InChI=1S/C11H19NO/c1-4-7-12-9-8-11(2,3)6-5-10(9)13/h5-6,9,12H,4,7-8H2,1-3H3. The van der Waals surface area contributed by atoms with Crippen LogP contribution in [0.4, 0.5) is 0 Å². The van der Waals surface area contributed by atoms with Crippen molar-refractivity contribution in [2.24, 2.45) is 5.41 Å². The quantitative estimate of drug-likeness (QED) is 0.720. The number of nitrogens with one attached hydrogen (secondary N) is 1. The number of carbonyl (C=O) groups is 1. The molecule has 0 heterocycles. The molecule has 0 aromatic heterocycles. The second-order valence-electron chi connectivity index (χ2n) is 4.44. The van der Waals surface area contributed by atoms with Crippen LogP contribution in [-0.4, -0.2) is 18.4 Å². The summed E-state index contributed by atoms with van der Waals surface area (Å²) < 4.78 is 0. The van der Waals surface area contributed by atoms with Crippen LogP contribution in [0, 0.1) is 5.41 Å². The third-order valence-corrected chi connectivity index (χ3v) is 2.41. The van der Waals surface area contributed by atoms with Gasteiger partial charge in [0.25, 0.3) is 0 Å². The fourth-order valence-corrected chi connectivity index (χ4v) is 1.61. The minimum Gasteiger partial charge on any atom is -0.307 e. The van der Waals surface area contributed by atoms with E-state index in [1.165, 1.54) is 0 Å². The van der Waals surface area contributed by atoms with Crippen LogP contribution < -0.4 is 5.32 Å². The van der Waals surface area contributed by atoms with Crippen molar-refractivity contribution in [3.05, 3.63) is 12.2 Å². The molecule has 74 valence electrons. The second kappa shape index (κ2) is 4.05. The first-order valence-corrected chi connectivity index (χ1v) is 5.01. The van der Waals surface area contributed by atoms with Crippen molar-refractivity contribution in [1.82, 2.24) is 5.32 Å². The van der Waals surface area contributed by atoms with E-state index in [1.54, 1.807) is 6.08 Å². The minimum absolute atomic E-state index is 0.0416. The third-order valence-electron chi connectivity index (χ3n) is 2.41. The average molecular weight is 181 g/mol. The molecular weight excluding hydrogens is 162 g/mol. The van der Waals surface area contributed by atoms with Crippen LogP contribution in [0.15, 0.2) is 12.2 Å². The maximum atomic E-state index is 11.4. The molecule has 0 aromatic rings. The molecule has 1 unspecified atom stereocenters. The first kappa shape index (κ1) is 10.5. The molecule has 0 aliphatic heterocycles. The van der Waals surface area contributed by atoms with E-state index in [9.17, 15) is 4.79 Å². The van der Waals surface area contributed by atoms with Gasteiger partial charge in [-0.1, -0.05) is 26.8 Å². The van der Waals surface area contributed by atoms with Gasteiger partial charge in [-0.3, -0.25) is 4.79 Å². The summed E-state index contributed by atoms with van der Waals surface area (Å²) in [6.45, 7) is 7.37. The summed E-state index contributed by atoms with van der Waals surface area (Å²) in [5, 5.41) is 3.28. The summed E-state index contributed by atoms with van der Waals surface area (Å²) >= 11 is 0. The maximum absolute atomic E-state index is 11.4. The van der Waals surface area contributed by atoms with Gasteiger partial charge in [0.1, 0.15) is 0 Å². The molecule has 0 fully saturated rings. The Hall–Kier alpha value is -0.630. The van der Waals surface area contributed by atoms with Gasteiger partial charge < -0.3 is 5.32 Å². The lowest BCUT2D eigenvalue weighted by atomic mass is 9.80. The van der Waals surface area contributed by atoms with Gasteiger partial charge in [-0.15, -0.1) is 0 Å². The van der Waals surface area contributed by atoms with Gasteiger partial charge >= 0.3 is 0 Å². The summed E-state index contributed by atoms with van der Waals surface area (Å²) in [6.07, 6.45) is 5.73. The van der Waals surface area contributed by atoms with Crippen molar-refractivity contribution in [3.63, 3.8) is 0 Å². The van der Waals surface area contributed by atoms with Crippen LogP contribution in [0.2, 0.25) is 0 Å². The Morgan fingerprint density at radius 3 is 2.92 bits per heavy atom. The average Bonchev–Trinajstić information content (AvgIpc) is 2.07. The molecule has 1 aliphatic rings. The van der Waals surface area contributed by atoms with E-state index in [-0.39, 0.29) is 17.2 Å². The summed E-state index contributed by atoms with van der Waals surface area (Å²) in [5.74, 6) is 0.229. The van der Waals surface area contributed by atoms with Gasteiger partial charge in [0.15, 0.2) is 5.78 Å². The molecule has 0 spiro atoms. The fourth-order valence-electron chi connectivity index (χ4n) is 1.61. The van der Waals surface area contributed by atoms with Gasteiger partial charge in [0.05, 0.1) is 6.04 Å². The van der Waals surface area contributed by atoms with E-state index in [2.05, 4.69) is 26.1 Å². The highest BCUT2D eigenvalue weighted by molar-refractivity contribution is 5.95. The molecule has 0 amide bonds. The molecule has 13 heavy (non-hydrogen) atoms. The van der Waals surface area contributed by atoms with Crippen LogP contribution in [-0.2, 0) is 4.79 Å². The monoisotopic (exact) mass is 181 g/mol. The van der Waals surface area contributed by atoms with Gasteiger partial charge in [0, 0.05) is 0 Å². The molecule has 0 radical (unpaired) electrons. The Balaban J connectivity index is 2.56. The molecule has 2 heteroatoms. The number of ketones is 1. The molecule has 1 N–H and O–H groups in total. The number of hydrogen-bond donors (Lipinski definition) is 1. The second-order valence-corrected chi connectivity index (χ2v) is 4.44. The van der Waals surface area contributed by atoms with Crippen LogP contribution in [0.1, 0.15) is 33.6 Å². The van der Waals surface area contributed by atoms with Crippen LogP contribution >= 0.6 is 0 Å². The van der Waals surface area contributed by atoms with Crippen LogP contribution in [0.3, 0.4) is 0 Å². The third kappa shape index (κ3) is 2.96. The summed E-state index contributed by atoms with van der Waals surface area (Å²) in [4.78, 5) is 11.4. The Labute approximate surface area is 80.4 Å². The van der Waals surface area contributed by atoms with E-state index in [4.69, 9.17) is 0 Å². The van der Waals surface area contributed by atoms with Crippen molar-refractivity contribution in [3.8, 4) is 0 Å². The molecular formula is C11H19NO. The molecule has 1 atom stereocenters. The molecule has 0 saturated carbocycles. The Kier molecular flexibility index (Phi) is 3.26. The molecule has 0 bridgehead atoms. The molecule has 2 nitrogen and oxygen atoms in total. The number of hydrogen-bond acceptors (Lipinski definition) is 2. The smallest absolute Gasteiger partial charge is 0.172 e. The minimum atomic E-state index is 0.0416. The highest BCUT2D eigenvalue weighted by Gasteiger charge is 2.28. The Bertz CT molecular complexity index is 218. The lowest BCUT2D eigenvalue weighted by Crippen LogP contribution is -2.41. The Morgan fingerprint density at radius 1 is 1.62 bits per heavy atom. The molecule has 0 saturated heterocycles. The van der Waals surface area contributed by atoms with Gasteiger partial charge in [0.2, 0.25) is 0 Å². The highest BCUT2D eigenvalue weighted by atomic mass is 16.1. The summed E-state index contributed by atoms with van der Waals surface area (Å²) in [7, 11) is 0. The zero-order valence-electron chi connectivity index (χ0n) is 8.76. The van der Waals surface area contributed by atoms with Gasteiger partial charge in [-0.2, -0.15) is 0 Å². The lowest BCUT2D eigenvalue weighted by molar-refractivity contribution is -0.117. The van der Waals surface area contributed by atoms with Crippen molar-refractivity contribution in [2.45, 2.75) is 39.7 Å². The first-order chi connectivity index (χ1) is 6.05. The lowest BCUT2D eigenvalue weighted by Gasteiger charge is -2.30.